The number of aliphatic hydroxyl groups is 1. The zero-order valence-corrected chi connectivity index (χ0v) is 81.1. The average molecular weight is 1910 g/mol. The van der Waals surface area contributed by atoms with Crippen LogP contribution >= 0.6 is 0 Å². The number of carbonyl (C=O) groups excluding carboxylic acids is 18. The molecule has 0 aliphatic heterocycles. The Kier molecular flexibility index (Phi) is 60.6. The lowest BCUT2D eigenvalue weighted by molar-refractivity contribution is -0.142. The molecule has 45 nitrogen and oxygen atoms in total. The largest absolute Gasteiger partial charge is 0.480 e. The molecule has 33 N–H and O–H groups in total. The quantitative estimate of drug-likeness (QED) is 0.0272. The van der Waals surface area contributed by atoms with E-state index in [1.807, 2.05) is 13.8 Å². The van der Waals surface area contributed by atoms with E-state index in [9.17, 15) is 101 Å². The molecule has 135 heavy (non-hydrogen) atoms. The van der Waals surface area contributed by atoms with Crippen LogP contribution in [0, 0.1) is 35.5 Å². The maximum Gasteiger partial charge on any atom is 0.326 e. The van der Waals surface area contributed by atoms with E-state index in [1.165, 1.54) is 6.92 Å². The molecule has 0 bridgehead atoms. The van der Waals surface area contributed by atoms with Gasteiger partial charge in [0.2, 0.25) is 106 Å². The van der Waals surface area contributed by atoms with Crippen molar-refractivity contribution in [3.05, 3.63) is 35.9 Å². The number of carboxylic acid groups (broad SMARTS) is 1. The van der Waals surface area contributed by atoms with Gasteiger partial charge in [-0.3, -0.25) is 86.3 Å². The smallest absolute Gasteiger partial charge is 0.326 e. The number of unbranched alkanes of at least 4 members (excludes halogenated alkanes) is 5. The first-order chi connectivity index (χ1) is 63.8. The first-order valence-electron chi connectivity index (χ1n) is 47.3. The van der Waals surface area contributed by atoms with Gasteiger partial charge in [-0.15, -0.1) is 0 Å². The van der Waals surface area contributed by atoms with Gasteiger partial charge in [0.1, 0.15) is 78.5 Å². The highest BCUT2D eigenvalue weighted by Gasteiger charge is 2.40. The van der Waals surface area contributed by atoms with E-state index >= 15 is 0 Å². The van der Waals surface area contributed by atoms with Gasteiger partial charge < -0.3 is 141 Å². The molecule has 0 spiro atoms. The number of aliphatic hydroxyl groups excluding tert-OH is 1. The molecular formula is C90H160N24O21. The van der Waals surface area contributed by atoms with Crippen LogP contribution in [0.2, 0.25) is 0 Å². The lowest BCUT2D eigenvalue weighted by Gasteiger charge is -2.29. The number of carbonyl (C=O) groups is 19. The van der Waals surface area contributed by atoms with Crippen LogP contribution in [0.4, 0.5) is 0 Å². The first kappa shape index (κ1) is 122. The summed E-state index contributed by atoms with van der Waals surface area (Å²) in [7, 11) is 0. The molecule has 45 heteroatoms. The maximum atomic E-state index is 14.3. The molecule has 0 aliphatic carbocycles. The van der Waals surface area contributed by atoms with Crippen molar-refractivity contribution in [1.82, 2.24) is 90.4 Å². The van der Waals surface area contributed by atoms with Crippen LogP contribution in [0.25, 0.3) is 0 Å². The standard InChI is InChI=1S/C90H160N24O21/c1-14-53(10)73(85(129)100-48-69(118)102-59(33-21-26-38-92)80(124)107-64(43-51(6)7)84(128)111-72(52(8)9)87(131)108-63(42-50(4)5)83(127)106-62(90(134)135)36-24-29-41-95)112-81(125)60(34-22-27-39-93)103-68(117)46-98-78(122)65(44-57-30-18-17-19-31-57)104-70(119)47-99-79(123)66(45-67(97)116)109-88(132)75(55(12)16-3)110-71(120)49-101-86(130)74(54(11)15-2)113-82(126)61(35-23-28-40-94)105-89(133)76(56(13)115)114-77(121)58(96)32-20-25-37-91/h17-19,30-31,50-56,58-66,72-76,115H,14-16,20-29,32-49,91-96H2,1-13H3,(H2,97,116)(H,98,122)(H,99,123)(H,100,129)(H,101,130)(H,102,118)(H,103,117)(H,104,119)(H,105,133)(H,106,127)(H,107,124)(H,108,131)(H,109,132)(H,110,120)(H,111,128)(H,112,125)(H,113,126)(H,114,121)(H,134,135)/t53-,54-,55-,56+,58-,59-,60-,61-,62-,63-,64-,65-,66-,72-,73-,74-,75-,76-/m0/s1. The molecule has 0 saturated carbocycles. The third-order valence-corrected chi connectivity index (χ3v) is 22.7. The van der Waals surface area contributed by atoms with Crippen LogP contribution in [0.3, 0.4) is 0 Å². The molecule has 1 aromatic carbocycles. The van der Waals surface area contributed by atoms with Gasteiger partial charge >= 0.3 is 5.97 Å². The Morgan fingerprint density at radius 2 is 0.607 bits per heavy atom. The average Bonchev–Trinajstić information content (AvgIpc) is 0.765. The van der Waals surface area contributed by atoms with Gasteiger partial charge in [0.25, 0.3) is 0 Å². The first-order valence-corrected chi connectivity index (χ1v) is 47.3. The fourth-order valence-corrected chi connectivity index (χ4v) is 14.0. The molecule has 18 amide bonds. The van der Waals surface area contributed by atoms with Crippen molar-refractivity contribution in [2.24, 2.45) is 75.6 Å². The zero-order chi connectivity index (χ0) is 102. The van der Waals surface area contributed by atoms with Crippen molar-refractivity contribution in [3.8, 4) is 0 Å². The van der Waals surface area contributed by atoms with Crippen molar-refractivity contribution >= 4 is 112 Å². The van der Waals surface area contributed by atoms with E-state index in [0.717, 1.165) is 0 Å². The van der Waals surface area contributed by atoms with Crippen LogP contribution in [0.15, 0.2) is 30.3 Å². The van der Waals surface area contributed by atoms with Crippen molar-refractivity contribution in [2.45, 2.75) is 322 Å². The Morgan fingerprint density at radius 3 is 0.993 bits per heavy atom. The van der Waals surface area contributed by atoms with E-state index in [0.29, 0.717) is 95.7 Å². The van der Waals surface area contributed by atoms with Crippen LogP contribution < -0.4 is 131 Å². The highest BCUT2D eigenvalue weighted by atomic mass is 16.4. The Morgan fingerprint density at radius 1 is 0.311 bits per heavy atom. The molecule has 0 fully saturated rings. The third kappa shape index (κ3) is 48.8. The van der Waals surface area contributed by atoms with Crippen LogP contribution in [0.1, 0.15) is 230 Å². The van der Waals surface area contributed by atoms with Gasteiger partial charge in [-0.2, -0.15) is 0 Å². The minimum Gasteiger partial charge on any atom is -0.480 e. The van der Waals surface area contributed by atoms with Gasteiger partial charge in [-0.1, -0.05) is 139 Å². The number of carboxylic acids is 1. The molecule has 1 aromatic rings. The van der Waals surface area contributed by atoms with Gasteiger partial charge in [-0.25, -0.2) is 4.79 Å². The normalized spacial score (nSPS) is 15.3. The van der Waals surface area contributed by atoms with Gasteiger partial charge in [-0.05, 0) is 183 Å². The molecule has 1 rings (SSSR count). The summed E-state index contributed by atoms with van der Waals surface area (Å²) in [6.45, 7) is 20.1. The number of rotatable bonds is 71. The highest BCUT2D eigenvalue weighted by Crippen LogP contribution is 2.18. The van der Waals surface area contributed by atoms with Crippen LogP contribution in [0.5, 0.6) is 0 Å². The summed E-state index contributed by atoms with van der Waals surface area (Å²) in [5.74, 6) is -19.7. The Labute approximate surface area is 792 Å². The van der Waals surface area contributed by atoms with Crippen molar-refractivity contribution in [3.63, 3.8) is 0 Å². The summed E-state index contributed by atoms with van der Waals surface area (Å²) in [5.41, 5.74) is 40.6. The summed E-state index contributed by atoms with van der Waals surface area (Å²) in [4.78, 5) is 262. The van der Waals surface area contributed by atoms with Gasteiger partial charge in [0, 0.05) is 6.42 Å². The van der Waals surface area contributed by atoms with E-state index in [4.69, 9.17) is 40.1 Å². The monoisotopic (exact) mass is 1910 g/mol. The number of benzene rings is 1. The number of nitrogens with one attached hydrogen (secondary N) is 17. The molecule has 0 aromatic heterocycles. The maximum absolute atomic E-state index is 14.3. The molecule has 0 radical (unpaired) electrons. The van der Waals surface area contributed by atoms with Crippen molar-refractivity contribution < 1.29 is 101 Å². The van der Waals surface area contributed by atoms with E-state index in [-0.39, 0.29) is 89.3 Å². The summed E-state index contributed by atoms with van der Waals surface area (Å²) >= 11 is 0. The predicted molar refractivity (Wildman–Crippen MR) is 505 cm³/mol. The SMILES string of the molecule is CC[C@H](C)[C@H](NC(=O)CNC(=O)[C@@H](NC(=O)[C@H](CCCCN)NC(=O)[C@@H](NC(=O)[C@@H](N)CCCCN)[C@@H](C)O)[C@@H](C)CC)C(=O)N[C@@H](CC(N)=O)C(=O)NCC(=O)N[C@@H](Cc1ccccc1)C(=O)NCC(=O)N[C@@H](CCCCN)C(=O)N[C@H](C(=O)NCC(=O)N[C@@H](CCCCN)C(=O)N[C@@H](CC(C)C)C(=O)N[C@H](C(=O)N[C@@H](CC(C)C)C(=O)N[C@@H](CCCCN)C(=O)O)C(C)C)[C@@H](C)CC. The molecule has 0 aliphatic rings. The van der Waals surface area contributed by atoms with Gasteiger partial charge in [0.05, 0.1) is 44.7 Å². The second-order valence-electron chi connectivity index (χ2n) is 35.7. The summed E-state index contributed by atoms with van der Waals surface area (Å²) in [6, 6.07) is -10.4. The Balaban J connectivity index is 3.38. The minimum absolute atomic E-state index is 0.0163. The molecule has 18 atom stereocenters. The van der Waals surface area contributed by atoms with E-state index in [2.05, 4.69) is 90.4 Å². The van der Waals surface area contributed by atoms with Gasteiger partial charge in [0.15, 0.2) is 0 Å². The number of hydrogen-bond acceptors (Lipinski definition) is 26. The van der Waals surface area contributed by atoms with Crippen LogP contribution in [-0.4, -0.2) is 272 Å². The fraction of sp³-hybridized carbons (Fsp3) is 0.722. The Hall–Kier alpha value is -11.1. The predicted octanol–water partition coefficient (Wildman–Crippen LogP) is -4.80. The second kappa shape index (κ2) is 67.1. The number of primary amides is 1. The van der Waals surface area contributed by atoms with E-state index < -0.39 is 259 Å². The molecule has 0 heterocycles. The molecule has 0 saturated heterocycles. The van der Waals surface area contributed by atoms with E-state index in [1.54, 1.807) is 99.6 Å². The summed E-state index contributed by atoms with van der Waals surface area (Å²) < 4.78 is 0. The van der Waals surface area contributed by atoms with Crippen LogP contribution in [-0.2, 0) is 97.5 Å². The Bertz CT molecular complexity index is 3920. The third-order valence-electron chi connectivity index (χ3n) is 22.7. The number of hydrogen-bond donors (Lipinski definition) is 26. The number of aliphatic carboxylic acids is 1. The zero-order valence-electron chi connectivity index (χ0n) is 81.1. The number of amides is 18. The van der Waals surface area contributed by atoms with Crippen molar-refractivity contribution in [1.29, 1.82) is 0 Å². The lowest BCUT2D eigenvalue weighted by Crippen LogP contribution is -2.61. The minimum atomic E-state index is -1.76. The lowest BCUT2D eigenvalue weighted by atomic mass is 9.97. The topological polar surface area (TPSA) is 751 Å². The second-order valence-corrected chi connectivity index (χ2v) is 35.7. The highest BCUT2D eigenvalue weighted by molar-refractivity contribution is 6.01. The summed E-state index contributed by atoms with van der Waals surface area (Å²) in [6.07, 6.45) is 3.32. The molecule has 766 valence electrons. The molecular weight excluding hydrogens is 1750 g/mol. The number of nitrogens with two attached hydrogens (primary N) is 7. The molecule has 0 unspecified atom stereocenters. The summed E-state index contributed by atoms with van der Waals surface area (Å²) in [5, 5.41) is 63.9. The van der Waals surface area contributed by atoms with Crippen molar-refractivity contribution in [2.75, 3.05) is 58.9 Å². The fourth-order valence-electron chi connectivity index (χ4n) is 14.0.